The van der Waals surface area contributed by atoms with Crippen LogP contribution in [0.25, 0.3) is 0 Å². The van der Waals surface area contributed by atoms with Gasteiger partial charge in [0, 0.05) is 11.3 Å². The minimum Gasteiger partial charge on any atom is -0.389 e. The molecule has 18 heavy (non-hydrogen) atoms. The molecule has 0 saturated carbocycles. The third-order valence-electron chi connectivity index (χ3n) is 2.63. The van der Waals surface area contributed by atoms with Gasteiger partial charge < -0.3 is 10.4 Å². The van der Waals surface area contributed by atoms with Crippen molar-refractivity contribution in [2.24, 2.45) is 0 Å². The number of aliphatic hydroxyl groups excluding tert-OH is 1. The Morgan fingerprint density at radius 1 is 1.39 bits per heavy atom. The van der Waals surface area contributed by atoms with Gasteiger partial charge in [0.2, 0.25) is 5.91 Å². The van der Waals surface area contributed by atoms with E-state index >= 15 is 0 Å². The number of thiophene rings is 1. The second kappa shape index (κ2) is 5.80. The zero-order valence-electron chi connectivity index (χ0n) is 10.1. The monoisotopic (exact) mass is 261 g/mol. The van der Waals surface area contributed by atoms with Crippen molar-refractivity contribution in [1.82, 2.24) is 0 Å². The first kappa shape index (κ1) is 12.8. The van der Waals surface area contributed by atoms with Crippen molar-refractivity contribution in [2.75, 3.05) is 5.32 Å². The number of carbonyl (C=O) groups excluding carboxylic acids is 1. The summed E-state index contributed by atoms with van der Waals surface area (Å²) in [5.74, 6) is -0.0681. The lowest BCUT2D eigenvalue weighted by atomic mass is 10.1. The van der Waals surface area contributed by atoms with E-state index in [1.54, 1.807) is 24.3 Å². The van der Waals surface area contributed by atoms with E-state index in [2.05, 4.69) is 5.32 Å². The van der Waals surface area contributed by atoms with Gasteiger partial charge in [-0.2, -0.15) is 11.3 Å². The topological polar surface area (TPSA) is 49.3 Å². The molecule has 0 aliphatic carbocycles. The Morgan fingerprint density at radius 3 is 2.83 bits per heavy atom. The maximum absolute atomic E-state index is 11.9. The second-order valence-electron chi connectivity index (χ2n) is 4.12. The van der Waals surface area contributed by atoms with Crippen LogP contribution in [0.3, 0.4) is 0 Å². The van der Waals surface area contributed by atoms with E-state index in [9.17, 15) is 9.90 Å². The molecule has 2 N–H and O–H groups in total. The van der Waals surface area contributed by atoms with Crippen molar-refractivity contribution >= 4 is 22.9 Å². The molecule has 1 atom stereocenters. The Labute approximate surface area is 110 Å². The molecular formula is C14H15NO2S. The number of amides is 1. The number of hydrogen-bond acceptors (Lipinski definition) is 3. The van der Waals surface area contributed by atoms with Crippen LogP contribution in [0.2, 0.25) is 0 Å². The first-order valence-electron chi connectivity index (χ1n) is 5.74. The van der Waals surface area contributed by atoms with E-state index in [4.69, 9.17) is 0 Å². The fraction of sp³-hybridized carbons (Fsp3) is 0.214. The molecule has 1 unspecified atom stereocenters. The normalized spacial score (nSPS) is 12.1. The number of rotatable bonds is 4. The Kier molecular flexibility index (Phi) is 4.12. The lowest BCUT2D eigenvalue weighted by Crippen LogP contribution is -2.15. The van der Waals surface area contributed by atoms with E-state index in [1.807, 2.05) is 35.0 Å². The maximum Gasteiger partial charge on any atom is 0.228 e. The summed E-state index contributed by atoms with van der Waals surface area (Å²) < 4.78 is 0. The van der Waals surface area contributed by atoms with Gasteiger partial charge in [-0.05, 0) is 35.4 Å². The molecule has 0 bridgehead atoms. The van der Waals surface area contributed by atoms with Crippen molar-refractivity contribution in [3.63, 3.8) is 0 Å². The molecule has 4 heteroatoms. The number of anilines is 1. The van der Waals surface area contributed by atoms with Crippen LogP contribution < -0.4 is 5.32 Å². The molecule has 0 aliphatic rings. The summed E-state index contributed by atoms with van der Waals surface area (Å²) in [7, 11) is 0. The number of aliphatic hydroxyl groups is 1. The second-order valence-corrected chi connectivity index (χ2v) is 4.90. The largest absolute Gasteiger partial charge is 0.389 e. The minimum absolute atomic E-state index is 0.0681. The molecule has 94 valence electrons. The van der Waals surface area contributed by atoms with Crippen molar-refractivity contribution in [2.45, 2.75) is 19.4 Å². The SMILES string of the molecule is CC(O)c1ccccc1NC(=O)Cc1ccsc1. The Hall–Kier alpha value is -1.65. The van der Waals surface area contributed by atoms with Gasteiger partial charge in [-0.1, -0.05) is 18.2 Å². The predicted octanol–water partition coefficient (Wildman–Crippen LogP) is 2.98. The van der Waals surface area contributed by atoms with Crippen LogP contribution in [0.5, 0.6) is 0 Å². The zero-order chi connectivity index (χ0) is 13.0. The number of hydrogen-bond donors (Lipinski definition) is 2. The summed E-state index contributed by atoms with van der Waals surface area (Å²) in [4.78, 5) is 11.9. The summed E-state index contributed by atoms with van der Waals surface area (Å²) in [6.45, 7) is 1.68. The minimum atomic E-state index is -0.595. The molecule has 0 aliphatic heterocycles. The molecule has 1 amide bonds. The lowest BCUT2D eigenvalue weighted by molar-refractivity contribution is -0.115. The van der Waals surface area contributed by atoms with Crippen LogP contribution in [0.4, 0.5) is 5.69 Å². The van der Waals surface area contributed by atoms with Gasteiger partial charge in [0.1, 0.15) is 0 Å². The summed E-state index contributed by atoms with van der Waals surface area (Å²) in [5.41, 5.74) is 2.41. The van der Waals surface area contributed by atoms with Crippen LogP contribution in [0.1, 0.15) is 24.2 Å². The molecule has 3 nitrogen and oxygen atoms in total. The van der Waals surface area contributed by atoms with E-state index < -0.39 is 6.10 Å². The van der Waals surface area contributed by atoms with E-state index in [0.29, 0.717) is 12.1 Å². The van der Waals surface area contributed by atoms with E-state index in [0.717, 1.165) is 11.1 Å². The van der Waals surface area contributed by atoms with Gasteiger partial charge in [0.15, 0.2) is 0 Å². The Morgan fingerprint density at radius 2 is 2.17 bits per heavy atom. The van der Waals surface area contributed by atoms with Crippen molar-refractivity contribution in [3.8, 4) is 0 Å². The van der Waals surface area contributed by atoms with Crippen LogP contribution in [-0.2, 0) is 11.2 Å². The smallest absolute Gasteiger partial charge is 0.228 e. The quantitative estimate of drug-likeness (QED) is 0.889. The highest BCUT2D eigenvalue weighted by Gasteiger charge is 2.10. The molecule has 2 aromatic rings. The van der Waals surface area contributed by atoms with Gasteiger partial charge in [-0.25, -0.2) is 0 Å². The third-order valence-corrected chi connectivity index (χ3v) is 3.36. The van der Waals surface area contributed by atoms with Gasteiger partial charge in [-0.15, -0.1) is 0 Å². The highest BCUT2D eigenvalue weighted by molar-refractivity contribution is 7.08. The van der Waals surface area contributed by atoms with Crippen molar-refractivity contribution < 1.29 is 9.90 Å². The molecule has 0 spiro atoms. The molecule has 2 rings (SSSR count). The van der Waals surface area contributed by atoms with Gasteiger partial charge >= 0.3 is 0 Å². The van der Waals surface area contributed by atoms with Gasteiger partial charge in [-0.3, -0.25) is 4.79 Å². The van der Waals surface area contributed by atoms with Gasteiger partial charge in [0.05, 0.1) is 12.5 Å². The lowest BCUT2D eigenvalue weighted by Gasteiger charge is -2.12. The maximum atomic E-state index is 11.9. The standard InChI is InChI=1S/C14H15NO2S/c1-10(16)12-4-2-3-5-13(12)15-14(17)8-11-6-7-18-9-11/h2-7,9-10,16H,8H2,1H3,(H,15,17). The molecule has 1 aromatic carbocycles. The fourth-order valence-electron chi connectivity index (χ4n) is 1.75. The van der Waals surface area contributed by atoms with Crippen LogP contribution in [-0.4, -0.2) is 11.0 Å². The zero-order valence-corrected chi connectivity index (χ0v) is 10.9. The third kappa shape index (κ3) is 3.18. The van der Waals surface area contributed by atoms with Crippen LogP contribution in [0.15, 0.2) is 41.1 Å². The first-order valence-corrected chi connectivity index (χ1v) is 6.69. The first-order chi connectivity index (χ1) is 8.66. The molecule has 0 saturated heterocycles. The van der Waals surface area contributed by atoms with Gasteiger partial charge in [0.25, 0.3) is 0 Å². The van der Waals surface area contributed by atoms with Crippen molar-refractivity contribution in [1.29, 1.82) is 0 Å². The predicted molar refractivity (Wildman–Crippen MR) is 73.7 cm³/mol. The average molecular weight is 261 g/mol. The summed E-state index contributed by atoms with van der Waals surface area (Å²) in [6, 6.07) is 9.23. The summed E-state index contributed by atoms with van der Waals surface area (Å²) in [5, 5.41) is 16.4. The van der Waals surface area contributed by atoms with Crippen molar-refractivity contribution in [3.05, 3.63) is 52.2 Å². The molecule has 0 fully saturated rings. The molecular weight excluding hydrogens is 246 g/mol. The number of carbonyl (C=O) groups is 1. The molecule has 1 heterocycles. The number of nitrogens with one attached hydrogen (secondary N) is 1. The summed E-state index contributed by atoms with van der Waals surface area (Å²) >= 11 is 1.58. The molecule has 0 radical (unpaired) electrons. The van der Waals surface area contributed by atoms with Crippen LogP contribution >= 0.6 is 11.3 Å². The van der Waals surface area contributed by atoms with Crippen LogP contribution in [0, 0.1) is 0 Å². The van der Waals surface area contributed by atoms with E-state index in [-0.39, 0.29) is 5.91 Å². The highest BCUT2D eigenvalue weighted by Crippen LogP contribution is 2.22. The Balaban J connectivity index is 2.07. The Bertz CT molecular complexity index is 520. The number of benzene rings is 1. The fourth-order valence-corrected chi connectivity index (χ4v) is 2.42. The number of para-hydroxylation sites is 1. The highest BCUT2D eigenvalue weighted by atomic mass is 32.1. The summed E-state index contributed by atoms with van der Waals surface area (Å²) in [6.07, 6.45) is -0.236. The average Bonchev–Trinajstić information content (AvgIpc) is 2.82. The van der Waals surface area contributed by atoms with E-state index in [1.165, 1.54) is 0 Å². The molecule has 1 aromatic heterocycles.